The van der Waals surface area contributed by atoms with Gasteiger partial charge in [0.15, 0.2) is 0 Å². The average molecular weight is 179 g/mol. The van der Waals surface area contributed by atoms with Gasteiger partial charge in [0, 0.05) is 11.5 Å². The Bertz CT molecular complexity index is 290. The molecule has 3 unspecified atom stereocenters. The standard InChI is InChI=1S/C11H17NO/c1-8-7-13-11(3)6-4-5-10(2,12)9(8)11/h4,6-7,9H,5,12H2,1-3H3. The minimum absolute atomic E-state index is 0.166. The molecule has 0 fully saturated rings. The van der Waals surface area contributed by atoms with Crippen LogP contribution in [-0.2, 0) is 4.74 Å². The van der Waals surface area contributed by atoms with Gasteiger partial charge in [-0.3, -0.25) is 0 Å². The molecule has 2 rings (SSSR count). The van der Waals surface area contributed by atoms with Crippen molar-refractivity contribution in [2.75, 3.05) is 0 Å². The first-order valence-corrected chi connectivity index (χ1v) is 4.77. The molecule has 0 aromatic carbocycles. The second-order valence-corrected chi connectivity index (χ2v) is 4.71. The van der Waals surface area contributed by atoms with Crippen LogP contribution in [0.25, 0.3) is 0 Å². The van der Waals surface area contributed by atoms with Gasteiger partial charge in [-0.2, -0.15) is 0 Å². The Morgan fingerprint density at radius 3 is 2.85 bits per heavy atom. The lowest BCUT2D eigenvalue weighted by Crippen LogP contribution is -2.54. The van der Waals surface area contributed by atoms with Crippen LogP contribution in [-0.4, -0.2) is 11.1 Å². The zero-order valence-corrected chi connectivity index (χ0v) is 8.50. The number of hydrogen-bond donors (Lipinski definition) is 1. The van der Waals surface area contributed by atoms with Crippen LogP contribution in [0.3, 0.4) is 0 Å². The van der Waals surface area contributed by atoms with Crippen molar-refractivity contribution in [3.05, 3.63) is 24.0 Å². The van der Waals surface area contributed by atoms with E-state index in [0.717, 1.165) is 6.42 Å². The van der Waals surface area contributed by atoms with E-state index in [1.807, 2.05) is 6.26 Å². The first-order chi connectivity index (χ1) is 5.96. The van der Waals surface area contributed by atoms with Crippen molar-refractivity contribution in [2.24, 2.45) is 11.7 Å². The van der Waals surface area contributed by atoms with E-state index in [1.165, 1.54) is 5.57 Å². The number of hydrogen-bond acceptors (Lipinski definition) is 2. The lowest BCUT2D eigenvalue weighted by atomic mass is 9.68. The van der Waals surface area contributed by atoms with Crippen LogP contribution in [0.1, 0.15) is 27.2 Å². The van der Waals surface area contributed by atoms with Crippen molar-refractivity contribution < 1.29 is 4.74 Å². The Kier molecular flexibility index (Phi) is 1.62. The highest BCUT2D eigenvalue weighted by molar-refractivity contribution is 5.29. The maximum Gasteiger partial charge on any atom is 0.132 e. The molecule has 0 amide bonds. The molecule has 2 heteroatoms. The highest BCUT2D eigenvalue weighted by Crippen LogP contribution is 2.45. The highest BCUT2D eigenvalue weighted by atomic mass is 16.5. The zero-order chi connectivity index (χ0) is 9.69. The van der Waals surface area contributed by atoms with Crippen LogP contribution in [0.2, 0.25) is 0 Å². The average Bonchev–Trinajstić information content (AvgIpc) is 2.27. The van der Waals surface area contributed by atoms with Gasteiger partial charge in [-0.05, 0) is 38.8 Å². The third-order valence-electron chi connectivity index (χ3n) is 3.19. The molecule has 2 aliphatic rings. The van der Waals surface area contributed by atoms with Gasteiger partial charge in [0.2, 0.25) is 0 Å². The maximum atomic E-state index is 6.27. The monoisotopic (exact) mass is 179 g/mol. The lowest BCUT2D eigenvalue weighted by molar-refractivity contribution is 0.0373. The molecule has 3 atom stereocenters. The molecule has 1 aliphatic carbocycles. The minimum Gasteiger partial charge on any atom is -0.490 e. The smallest absolute Gasteiger partial charge is 0.132 e. The van der Waals surface area contributed by atoms with Crippen molar-refractivity contribution in [1.82, 2.24) is 0 Å². The summed E-state index contributed by atoms with van der Waals surface area (Å²) in [4.78, 5) is 0. The molecular formula is C11H17NO. The third-order valence-corrected chi connectivity index (χ3v) is 3.19. The molecule has 72 valence electrons. The summed E-state index contributed by atoms with van der Waals surface area (Å²) in [5.41, 5.74) is 7.16. The second-order valence-electron chi connectivity index (χ2n) is 4.71. The van der Waals surface area contributed by atoms with Gasteiger partial charge in [0.1, 0.15) is 5.60 Å². The Labute approximate surface area is 79.5 Å². The second kappa shape index (κ2) is 2.38. The number of rotatable bonds is 0. The summed E-state index contributed by atoms with van der Waals surface area (Å²) in [6.45, 7) is 6.30. The largest absolute Gasteiger partial charge is 0.490 e. The molecule has 0 aromatic rings. The van der Waals surface area contributed by atoms with E-state index in [0.29, 0.717) is 5.92 Å². The van der Waals surface area contributed by atoms with E-state index in [1.54, 1.807) is 0 Å². The summed E-state index contributed by atoms with van der Waals surface area (Å²) in [6.07, 6.45) is 7.05. The Hall–Kier alpha value is -0.760. The minimum atomic E-state index is -0.203. The van der Waals surface area contributed by atoms with Crippen LogP contribution in [0.5, 0.6) is 0 Å². The first kappa shape index (κ1) is 8.82. The van der Waals surface area contributed by atoms with Crippen molar-refractivity contribution in [1.29, 1.82) is 0 Å². The number of nitrogens with two attached hydrogens (primary N) is 1. The normalized spacial score (nSPS) is 48.3. The molecule has 0 spiro atoms. The van der Waals surface area contributed by atoms with Gasteiger partial charge in [-0.15, -0.1) is 0 Å². The van der Waals surface area contributed by atoms with Crippen molar-refractivity contribution >= 4 is 0 Å². The summed E-state index contributed by atoms with van der Waals surface area (Å²) in [6, 6.07) is 0. The molecule has 0 saturated carbocycles. The molecule has 1 aliphatic heterocycles. The summed E-state index contributed by atoms with van der Waals surface area (Å²) in [7, 11) is 0. The van der Waals surface area contributed by atoms with E-state index in [2.05, 4.69) is 32.9 Å². The number of fused-ring (bicyclic) bond motifs is 1. The summed E-state index contributed by atoms with van der Waals surface area (Å²) in [5, 5.41) is 0. The van der Waals surface area contributed by atoms with Crippen LogP contribution < -0.4 is 5.73 Å². The fourth-order valence-electron chi connectivity index (χ4n) is 2.78. The Morgan fingerprint density at radius 2 is 2.23 bits per heavy atom. The van der Waals surface area contributed by atoms with Gasteiger partial charge >= 0.3 is 0 Å². The molecule has 2 N–H and O–H groups in total. The quantitative estimate of drug-likeness (QED) is 0.577. The van der Waals surface area contributed by atoms with Crippen molar-refractivity contribution in [3.63, 3.8) is 0 Å². The van der Waals surface area contributed by atoms with Crippen LogP contribution in [0.15, 0.2) is 24.0 Å². The van der Waals surface area contributed by atoms with E-state index in [4.69, 9.17) is 10.5 Å². The van der Waals surface area contributed by atoms with Gasteiger partial charge in [0.05, 0.1) is 6.26 Å². The van der Waals surface area contributed by atoms with E-state index in [-0.39, 0.29) is 11.1 Å². The van der Waals surface area contributed by atoms with E-state index in [9.17, 15) is 0 Å². The maximum absolute atomic E-state index is 6.27. The van der Waals surface area contributed by atoms with Gasteiger partial charge in [-0.1, -0.05) is 6.08 Å². The lowest BCUT2D eigenvalue weighted by Gasteiger charge is -2.42. The predicted molar refractivity (Wildman–Crippen MR) is 53.1 cm³/mol. The van der Waals surface area contributed by atoms with Crippen LogP contribution in [0.4, 0.5) is 0 Å². The highest BCUT2D eigenvalue weighted by Gasteiger charge is 2.49. The molecule has 0 radical (unpaired) electrons. The topological polar surface area (TPSA) is 35.2 Å². The van der Waals surface area contributed by atoms with Crippen molar-refractivity contribution in [2.45, 2.75) is 38.3 Å². The van der Waals surface area contributed by atoms with Crippen molar-refractivity contribution in [3.8, 4) is 0 Å². The summed E-state index contributed by atoms with van der Waals surface area (Å²) >= 11 is 0. The zero-order valence-electron chi connectivity index (χ0n) is 8.50. The molecule has 2 nitrogen and oxygen atoms in total. The van der Waals surface area contributed by atoms with Gasteiger partial charge < -0.3 is 10.5 Å². The molecule has 0 bridgehead atoms. The Balaban J connectivity index is 2.44. The molecule has 13 heavy (non-hydrogen) atoms. The first-order valence-electron chi connectivity index (χ1n) is 4.77. The molecule has 0 saturated heterocycles. The van der Waals surface area contributed by atoms with E-state index < -0.39 is 0 Å². The fourth-order valence-corrected chi connectivity index (χ4v) is 2.78. The SMILES string of the molecule is CC1=COC2(C)C=CCC(C)(N)C12. The molecule has 1 heterocycles. The predicted octanol–water partition coefficient (Wildman–Crippen LogP) is 1.97. The molecule has 0 aromatic heterocycles. The van der Waals surface area contributed by atoms with Gasteiger partial charge in [0.25, 0.3) is 0 Å². The van der Waals surface area contributed by atoms with E-state index >= 15 is 0 Å². The molecular weight excluding hydrogens is 162 g/mol. The fraction of sp³-hybridized carbons (Fsp3) is 0.636. The summed E-state index contributed by atoms with van der Waals surface area (Å²) < 4.78 is 5.66. The van der Waals surface area contributed by atoms with Crippen LogP contribution >= 0.6 is 0 Å². The Morgan fingerprint density at radius 1 is 1.54 bits per heavy atom. The van der Waals surface area contributed by atoms with Gasteiger partial charge in [-0.25, -0.2) is 0 Å². The third kappa shape index (κ3) is 1.12. The van der Waals surface area contributed by atoms with Crippen LogP contribution in [0, 0.1) is 5.92 Å². The number of ether oxygens (including phenoxy) is 1. The summed E-state index contributed by atoms with van der Waals surface area (Å²) in [5.74, 6) is 0.324.